The third kappa shape index (κ3) is 7.63. The maximum Gasteiger partial charge on any atom is 0.471 e. The van der Waals surface area contributed by atoms with E-state index in [-0.39, 0.29) is 60.3 Å². The summed E-state index contributed by atoms with van der Waals surface area (Å²) in [5.74, 6) is -3.91. The van der Waals surface area contributed by atoms with Gasteiger partial charge in [-0.05, 0) is 99.3 Å². The number of aromatic amines is 1. The number of anilines is 2. The van der Waals surface area contributed by atoms with E-state index < -0.39 is 35.7 Å². The van der Waals surface area contributed by atoms with Gasteiger partial charge in [0.15, 0.2) is 5.82 Å². The Morgan fingerprint density at radius 2 is 1.73 bits per heavy atom. The third-order valence-electron chi connectivity index (χ3n) is 8.66. The summed E-state index contributed by atoms with van der Waals surface area (Å²) in [7, 11) is 2.00. The average molecular weight is 689 g/mol. The van der Waals surface area contributed by atoms with Crippen LogP contribution < -0.4 is 10.2 Å². The number of pyridine rings is 1. The molecule has 4 aromatic rings. The molecule has 0 atom stereocenters. The predicted octanol–water partition coefficient (Wildman–Crippen LogP) is 6.66. The van der Waals surface area contributed by atoms with E-state index in [0.717, 1.165) is 42.5 Å². The van der Waals surface area contributed by atoms with Crippen LogP contribution in [0.1, 0.15) is 53.1 Å². The van der Waals surface area contributed by atoms with Crippen molar-refractivity contribution in [2.24, 2.45) is 0 Å². The van der Waals surface area contributed by atoms with Gasteiger partial charge in [-0.3, -0.25) is 14.7 Å². The molecule has 2 aromatic carbocycles. The van der Waals surface area contributed by atoms with Gasteiger partial charge >= 0.3 is 12.1 Å². The number of piperidine rings is 1. The van der Waals surface area contributed by atoms with E-state index in [1.165, 1.54) is 30.0 Å². The topological polar surface area (TPSA) is 103 Å². The smallest absolute Gasteiger partial charge is 0.381 e. The van der Waals surface area contributed by atoms with Gasteiger partial charge < -0.3 is 19.9 Å². The summed E-state index contributed by atoms with van der Waals surface area (Å²) in [6.45, 7) is 1.99. The van der Waals surface area contributed by atoms with Crippen LogP contribution in [0.3, 0.4) is 0 Å². The monoisotopic (exact) mass is 688 g/mol. The number of halogens is 5. The van der Waals surface area contributed by atoms with Crippen LogP contribution >= 0.6 is 11.8 Å². The summed E-state index contributed by atoms with van der Waals surface area (Å²) >= 11 is 1.21. The fraction of sp³-hybridized carbons (Fsp3) is 0.394. The molecule has 0 unspecified atom stereocenters. The van der Waals surface area contributed by atoms with E-state index >= 15 is 0 Å². The molecule has 2 fully saturated rings. The fourth-order valence-corrected chi connectivity index (χ4v) is 6.96. The fourth-order valence-electron chi connectivity index (χ4n) is 6.16. The summed E-state index contributed by atoms with van der Waals surface area (Å²) < 4.78 is 75.0. The molecule has 2 aliphatic rings. The van der Waals surface area contributed by atoms with Gasteiger partial charge in [-0.25, -0.2) is 13.8 Å². The number of ether oxygens (including phenoxy) is 1. The van der Waals surface area contributed by atoms with Gasteiger partial charge in [0.05, 0.1) is 21.8 Å². The number of carbonyl (C=O) groups is 2. The van der Waals surface area contributed by atoms with Crippen LogP contribution in [-0.2, 0) is 15.3 Å². The molecule has 254 valence electrons. The number of alkyl halides is 3. The number of thioether (sulfide) groups is 1. The number of nitrogens with one attached hydrogen (secondary N) is 2. The highest BCUT2D eigenvalue weighted by Crippen LogP contribution is 2.37. The standard InChI is InChI=1S/C33H33F5N6O3S/c1-43-10-6-20(7-11-43)21-2-3-25(27(16-21)44(32(46)33(36,37)38)24-8-12-47-13-9-24)31(45)40-30-29-26(41-42-30)4-5-28(39-29)48-18-19-14-22(34)17-23(35)15-19/h2-5,14-17,20,24H,6-13,18H2,1H3,(H2,40,41,42,45). The van der Waals surface area contributed by atoms with Crippen molar-refractivity contribution in [2.75, 3.05) is 43.6 Å². The number of benzene rings is 2. The molecule has 2 amide bonds. The molecule has 2 aliphatic heterocycles. The summed E-state index contributed by atoms with van der Waals surface area (Å²) in [6, 6.07) is 10.5. The maximum absolute atomic E-state index is 14.1. The number of fused-ring (bicyclic) bond motifs is 1. The minimum absolute atomic E-state index is 0.0272. The Morgan fingerprint density at radius 1 is 1.02 bits per heavy atom. The van der Waals surface area contributed by atoms with Crippen molar-refractivity contribution in [3.05, 3.63) is 76.9 Å². The second kappa shape index (κ2) is 14.2. The van der Waals surface area contributed by atoms with Crippen molar-refractivity contribution in [1.29, 1.82) is 0 Å². The number of rotatable bonds is 8. The Hall–Kier alpha value is -4.08. The zero-order valence-corrected chi connectivity index (χ0v) is 26.8. The van der Waals surface area contributed by atoms with Crippen molar-refractivity contribution >= 4 is 46.1 Å². The van der Waals surface area contributed by atoms with E-state index in [1.807, 2.05) is 7.05 Å². The van der Waals surface area contributed by atoms with E-state index in [1.54, 1.807) is 24.3 Å². The van der Waals surface area contributed by atoms with Crippen molar-refractivity contribution in [3.63, 3.8) is 0 Å². The van der Waals surface area contributed by atoms with E-state index in [9.17, 15) is 31.5 Å². The molecule has 0 spiro atoms. The van der Waals surface area contributed by atoms with Crippen LogP contribution in [0.5, 0.6) is 0 Å². The number of aromatic nitrogens is 3. The Morgan fingerprint density at radius 3 is 2.42 bits per heavy atom. The number of nitrogens with zero attached hydrogens (tertiary/aromatic N) is 4. The lowest BCUT2D eigenvalue weighted by atomic mass is 9.88. The van der Waals surface area contributed by atoms with Crippen molar-refractivity contribution in [3.8, 4) is 0 Å². The van der Waals surface area contributed by atoms with Gasteiger partial charge in [0.25, 0.3) is 5.91 Å². The lowest BCUT2D eigenvalue weighted by molar-refractivity contribution is -0.171. The SMILES string of the molecule is CN1CCC(c2ccc(C(=O)Nc3n[nH]c4ccc(SCc5cc(F)cc(F)c5)nc34)c(N(C(=O)C(F)(F)F)C3CCOCC3)c2)CC1. The lowest BCUT2D eigenvalue weighted by Gasteiger charge is -2.36. The summed E-state index contributed by atoms with van der Waals surface area (Å²) in [5, 5.41) is 10.1. The second-order valence-corrected chi connectivity index (χ2v) is 13.0. The van der Waals surface area contributed by atoms with Crippen molar-refractivity contribution in [2.45, 2.75) is 54.6 Å². The Labute approximate surface area is 277 Å². The number of amides is 2. The summed E-state index contributed by atoms with van der Waals surface area (Å²) in [5.41, 5.74) is 1.68. The number of hydrogen-bond acceptors (Lipinski definition) is 7. The van der Waals surface area contributed by atoms with E-state index in [4.69, 9.17) is 4.74 Å². The molecule has 4 heterocycles. The second-order valence-electron chi connectivity index (χ2n) is 12.0. The molecule has 2 aromatic heterocycles. The molecule has 0 bridgehead atoms. The molecule has 2 saturated heterocycles. The van der Waals surface area contributed by atoms with Crippen molar-refractivity contribution in [1.82, 2.24) is 20.1 Å². The molecule has 6 rings (SSSR count). The average Bonchev–Trinajstić information content (AvgIpc) is 3.45. The Kier molecular flexibility index (Phi) is 9.99. The first-order chi connectivity index (χ1) is 23.0. The molecular weight excluding hydrogens is 655 g/mol. The van der Waals surface area contributed by atoms with E-state index in [0.29, 0.717) is 16.1 Å². The lowest BCUT2D eigenvalue weighted by Crippen LogP contribution is -2.50. The van der Waals surface area contributed by atoms with Crippen LogP contribution in [0.4, 0.5) is 33.5 Å². The Bertz CT molecular complexity index is 1780. The van der Waals surface area contributed by atoms with Gasteiger partial charge in [0.2, 0.25) is 0 Å². The molecule has 0 saturated carbocycles. The van der Waals surface area contributed by atoms with Gasteiger partial charge in [-0.15, -0.1) is 11.8 Å². The maximum atomic E-state index is 14.1. The first-order valence-corrected chi connectivity index (χ1v) is 16.5. The largest absolute Gasteiger partial charge is 0.471 e. The minimum atomic E-state index is -5.18. The number of carbonyl (C=O) groups excluding carboxylic acids is 2. The minimum Gasteiger partial charge on any atom is -0.381 e. The number of hydrogen-bond donors (Lipinski definition) is 2. The van der Waals surface area contributed by atoms with Crippen LogP contribution in [0.25, 0.3) is 11.0 Å². The third-order valence-corrected chi connectivity index (χ3v) is 9.66. The van der Waals surface area contributed by atoms with Crippen LogP contribution in [0, 0.1) is 11.6 Å². The predicted molar refractivity (Wildman–Crippen MR) is 171 cm³/mol. The Balaban J connectivity index is 1.33. The molecule has 9 nitrogen and oxygen atoms in total. The highest BCUT2D eigenvalue weighted by Gasteiger charge is 2.46. The molecule has 15 heteroatoms. The first kappa shape index (κ1) is 33.8. The normalized spacial score (nSPS) is 16.7. The van der Waals surface area contributed by atoms with Crippen LogP contribution in [0.2, 0.25) is 0 Å². The van der Waals surface area contributed by atoms with Crippen LogP contribution in [-0.4, -0.2) is 77.5 Å². The number of likely N-dealkylation sites (tertiary alicyclic amines) is 1. The van der Waals surface area contributed by atoms with Crippen molar-refractivity contribution < 1.29 is 36.3 Å². The highest BCUT2D eigenvalue weighted by molar-refractivity contribution is 7.98. The first-order valence-electron chi connectivity index (χ1n) is 15.5. The van der Waals surface area contributed by atoms with Gasteiger partial charge in [0.1, 0.15) is 17.2 Å². The molecule has 2 N–H and O–H groups in total. The zero-order chi connectivity index (χ0) is 34.0. The zero-order valence-electron chi connectivity index (χ0n) is 25.9. The highest BCUT2D eigenvalue weighted by atomic mass is 32.2. The van der Waals surface area contributed by atoms with Crippen LogP contribution in [0.15, 0.2) is 53.6 Å². The van der Waals surface area contributed by atoms with Gasteiger partial charge in [-0.1, -0.05) is 6.07 Å². The molecule has 48 heavy (non-hydrogen) atoms. The van der Waals surface area contributed by atoms with Gasteiger partial charge in [-0.2, -0.15) is 18.3 Å². The molecule has 0 aliphatic carbocycles. The molecule has 0 radical (unpaired) electrons. The van der Waals surface area contributed by atoms with Gasteiger partial charge in [0, 0.05) is 31.1 Å². The summed E-state index contributed by atoms with van der Waals surface area (Å²) in [6.07, 6.45) is -3.25. The quantitative estimate of drug-likeness (QED) is 0.158. The summed E-state index contributed by atoms with van der Waals surface area (Å²) in [4.78, 5) is 34.4. The number of H-pyrrole nitrogens is 1. The molecular formula is C33H33F5N6O3S. The van der Waals surface area contributed by atoms with E-state index in [2.05, 4.69) is 25.4 Å².